The molecule has 1 aromatic carbocycles. The summed E-state index contributed by atoms with van der Waals surface area (Å²) in [5.41, 5.74) is 1.54. The SMILES string of the molecule is Cc1cccc(NC(=O)C(=O)NCCC2CCCCN2S(=O)(=O)c2cccs2)c1. The van der Waals surface area contributed by atoms with E-state index in [-0.39, 0.29) is 12.6 Å². The van der Waals surface area contributed by atoms with Gasteiger partial charge in [-0.1, -0.05) is 24.6 Å². The number of carbonyl (C=O) groups excluding carboxylic acids is 2. The van der Waals surface area contributed by atoms with Gasteiger partial charge in [-0.15, -0.1) is 11.3 Å². The molecular formula is C20H25N3O4S2. The van der Waals surface area contributed by atoms with Crippen molar-refractivity contribution in [3.63, 3.8) is 0 Å². The van der Waals surface area contributed by atoms with Gasteiger partial charge < -0.3 is 10.6 Å². The number of nitrogens with zero attached hydrogens (tertiary/aromatic N) is 1. The molecule has 2 amide bonds. The molecule has 156 valence electrons. The topological polar surface area (TPSA) is 95.6 Å². The van der Waals surface area contributed by atoms with Crippen LogP contribution in [0.1, 0.15) is 31.2 Å². The lowest BCUT2D eigenvalue weighted by molar-refractivity contribution is -0.136. The summed E-state index contributed by atoms with van der Waals surface area (Å²) >= 11 is 1.21. The van der Waals surface area contributed by atoms with E-state index >= 15 is 0 Å². The van der Waals surface area contributed by atoms with E-state index in [0.717, 1.165) is 24.8 Å². The lowest BCUT2D eigenvalue weighted by Gasteiger charge is -2.34. The molecule has 1 saturated heterocycles. The summed E-state index contributed by atoms with van der Waals surface area (Å²) in [4.78, 5) is 24.1. The van der Waals surface area contributed by atoms with Crippen molar-refractivity contribution in [2.75, 3.05) is 18.4 Å². The zero-order valence-electron chi connectivity index (χ0n) is 16.3. The summed E-state index contributed by atoms with van der Waals surface area (Å²) in [7, 11) is -3.52. The van der Waals surface area contributed by atoms with Crippen LogP contribution in [0.5, 0.6) is 0 Å². The molecule has 3 rings (SSSR count). The van der Waals surface area contributed by atoms with Gasteiger partial charge in [0, 0.05) is 24.8 Å². The van der Waals surface area contributed by atoms with E-state index in [1.807, 2.05) is 13.0 Å². The van der Waals surface area contributed by atoms with Crippen molar-refractivity contribution >= 4 is 38.9 Å². The predicted octanol–water partition coefficient (Wildman–Crippen LogP) is 2.74. The fourth-order valence-corrected chi connectivity index (χ4v) is 6.29. The van der Waals surface area contributed by atoms with Gasteiger partial charge >= 0.3 is 11.8 Å². The Labute approximate surface area is 175 Å². The van der Waals surface area contributed by atoms with Gasteiger partial charge in [-0.2, -0.15) is 4.31 Å². The Morgan fingerprint density at radius 1 is 1.17 bits per heavy atom. The highest BCUT2D eigenvalue weighted by Gasteiger charge is 2.33. The molecule has 1 aromatic heterocycles. The van der Waals surface area contributed by atoms with E-state index in [9.17, 15) is 18.0 Å². The zero-order chi connectivity index (χ0) is 20.9. The average Bonchev–Trinajstić information content (AvgIpc) is 3.24. The second-order valence-electron chi connectivity index (χ2n) is 7.07. The molecule has 2 N–H and O–H groups in total. The van der Waals surface area contributed by atoms with Gasteiger partial charge in [0.2, 0.25) is 0 Å². The van der Waals surface area contributed by atoms with Crippen molar-refractivity contribution in [3.8, 4) is 0 Å². The maximum Gasteiger partial charge on any atom is 0.313 e. The van der Waals surface area contributed by atoms with Crippen LogP contribution in [0, 0.1) is 6.92 Å². The smallest absolute Gasteiger partial charge is 0.313 e. The van der Waals surface area contributed by atoms with Gasteiger partial charge in [0.15, 0.2) is 0 Å². The molecule has 1 fully saturated rings. The molecule has 0 aliphatic carbocycles. The highest BCUT2D eigenvalue weighted by Crippen LogP contribution is 2.29. The normalized spacial score (nSPS) is 17.6. The van der Waals surface area contributed by atoms with Crippen LogP contribution >= 0.6 is 11.3 Å². The van der Waals surface area contributed by atoms with Gasteiger partial charge in [0.25, 0.3) is 10.0 Å². The maximum atomic E-state index is 12.9. The minimum absolute atomic E-state index is 0.184. The summed E-state index contributed by atoms with van der Waals surface area (Å²) in [5, 5.41) is 6.92. The number of nitrogens with one attached hydrogen (secondary N) is 2. The van der Waals surface area contributed by atoms with Crippen molar-refractivity contribution in [1.82, 2.24) is 9.62 Å². The summed E-state index contributed by atoms with van der Waals surface area (Å²) < 4.78 is 27.6. The van der Waals surface area contributed by atoms with E-state index < -0.39 is 21.8 Å². The summed E-state index contributed by atoms with van der Waals surface area (Å²) in [6.45, 7) is 2.61. The lowest BCUT2D eigenvalue weighted by Crippen LogP contribution is -2.45. The van der Waals surface area contributed by atoms with Crippen LogP contribution in [0.25, 0.3) is 0 Å². The minimum atomic E-state index is -3.52. The van der Waals surface area contributed by atoms with E-state index in [1.54, 1.807) is 40.0 Å². The van der Waals surface area contributed by atoms with Crippen LogP contribution in [0.4, 0.5) is 5.69 Å². The third kappa shape index (κ3) is 5.43. The van der Waals surface area contributed by atoms with Gasteiger partial charge in [0.1, 0.15) is 4.21 Å². The number of hydrogen-bond donors (Lipinski definition) is 2. The highest BCUT2D eigenvalue weighted by molar-refractivity contribution is 7.91. The summed E-state index contributed by atoms with van der Waals surface area (Å²) in [5.74, 6) is -1.46. The van der Waals surface area contributed by atoms with Crippen LogP contribution in [-0.2, 0) is 19.6 Å². The first kappa shape index (κ1) is 21.5. The largest absolute Gasteiger partial charge is 0.348 e. The molecule has 1 aliphatic rings. The standard InChI is InChI=1S/C20H25N3O4S2/c1-15-6-4-7-16(14-15)22-20(25)19(24)21-11-10-17-8-2-3-12-23(17)29(26,27)18-9-5-13-28-18/h4-7,9,13-14,17H,2-3,8,10-12H2,1H3,(H,21,24)(H,22,25). The van der Waals surface area contributed by atoms with Gasteiger partial charge in [-0.05, 0) is 55.3 Å². The van der Waals surface area contributed by atoms with E-state index in [2.05, 4.69) is 10.6 Å². The number of piperidine rings is 1. The van der Waals surface area contributed by atoms with Gasteiger partial charge in [-0.3, -0.25) is 9.59 Å². The summed E-state index contributed by atoms with van der Waals surface area (Å²) in [6.07, 6.45) is 2.99. The first-order chi connectivity index (χ1) is 13.9. The van der Waals surface area contributed by atoms with Crippen LogP contribution in [0.15, 0.2) is 46.0 Å². The Hall–Kier alpha value is -2.23. The summed E-state index contributed by atoms with van der Waals surface area (Å²) in [6, 6.07) is 10.3. The molecule has 0 bridgehead atoms. The van der Waals surface area contributed by atoms with Crippen molar-refractivity contribution in [1.29, 1.82) is 0 Å². The number of anilines is 1. The Balaban J connectivity index is 1.54. The number of aryl methyl sites for hydroxylation is 1. The van der Waals surface area contributed by atoms with Gasteiger partial charge in [0.05, 0.1) is 0 Å². The van der Waals surface area contributed by atoms with E-state index in [4.69, 9.17) is 0 Å². The number of benzene rings is 1. The third-order valence-corrected chi connectivity index (χ3v) is 8.20. The Morgan fingerprint density at radius 3 is 2.72 bits per heavy atom. The maximum absolute atomic E-state index is 12.9. The molecule has 0 spiro atoms. The molecule has 0 radical (unpaired) electrons. The van der Waals surface area contributed by atoms with Gasteiger partial charge in [-0.25, -0.2) is 8.42 Å². The highest BCUT2D eigenvalue weighted by atomic mass is 32.2. The number of rotatable bonds is 6. The van der Waals surface area contributed by atoms with Crippen molar-refractivity contribution < 1.29 is 18.0 Å². The van der Waals surface area contributed by atoms with E-state index in [0.29, 0.717) is 22.9 Å². The Bertz CT molecular complexity index is 958. The first-order valence-electron chi connectivity index (χ1n) is 9.59. The first-order valence-corrected chi connectivity index (χ1v) is 11.9. The van der Waals surface area contributed by atoms with Crippen molar-refractivity contribution in [2.24, 2.45) is 0 Å². The van der Waals surface area contributed by atoms with Crippen LogP contribution < -0.4 is 10.6 Å². The Morgan fingerprint density at radius 2 is 2.00 bits per heavy atom. The van der Waals surface area contributed by atoms with Crippen LogP contribution in [0.3, 0.4) is 0 Å². The van der Waals surface area contributed by atoms with Crippen LogP contribution in [-0.4, -0.2) is 43.7 Å². The molecule has 0 saturated carbocycles. The number of sulfonamides is 1. The molecule has 29 heavy (non-hydrogen) atoms. The lowest BCUT2D eigenvalue weighted by atomic mass is 10.0. The molecule has 1 aliphatic heterocycles. The fraction of sp³-hybridized carbons (Fsp3) is 0.400. The second-order valence-corrected chi connectivity index (χ2v) is 10.1. The average molecular weight is 436 g/mol. The molecule has 1 unspecified atom stereocenters. The quantitative estimate of drug-likeness (QED) is 0.682. The number of hydrogen-bond acceptors (Lipinski definition) is 5. The second kappa shape index (κ2) is 9.51. The molecule has 1 atom stereocenters. The minimum Gasteiger partial charge on any atom is -0.348 e. The molecule has 9 heteroatoms. The Kier molecular flexibility index (Phi) is 7.05. The van der Waals surface area contributed by atoms with Crippen LogP contribution in [0.2, 0.25) is 0 Å². The van der Waals surface area contributed by atoms with Crippen molar-refractivity contribution in [3.05, 3.63) is 47.3 Å². The van der Waals surface area contributed by atoms with E-state index in [1.165, 1.54) is 11.3 Å². The molecule has 7 nitrogen and oxygen atoms in total. The molecule has 2 heterocycles. The number of carbonyl (C=O) groups is 2. The zero-order valence-corrected chi connectivity index (χ0v) is 17.9. The molecular weight excluding hydrogens is 410 g/mol. The predicted molar refractivity (Wildman–Crippen MR) is 113 cm³/mol. The fourth-order valence-electron chi connectivity index (χ4n) is 3.45. The third-order valence-electron chi connectivity index (χ3n) is 4.88. The molecule has 2 aromatic rings. The van der Waals surface area contributed by atoms with Crippen molar-refractivity contribution in [2.45, 2.75) is 42.9 Å². The monoisotopic (exact) mass is 435 g/mol. The number of thiophene rings is 1. The number of amides is 2.